The van der Waals surface area contributed by atoms with Gasteiger partial charge in [-0.2, -0.15) is 4.31 Å². The Hall–Kier alpha value is -2.39. The van der Waals surface area contributed by atoms with E-state index in [4.69, 9.17) is 10.5 Å². The van der Waals surface area contributed by atoms with Crippen LogP contribution in [0.4, 0.5) is 0 Å². The van der Waals surface area contributed by atoms with Crippen molar-refractivity contribution >= 4 is 15.9 Å². The minimum Gasteiger partial charge on any atom is -0.487 e. The Balaban J connectivity index is 1.73. The molecular weight excluding hydrogens is 344 g/mol. The molecule has 0 bridgehead atoms. The molecule has 9 heteroatoms. The SMILES string of the molecule is Cc1ccc(O[C@@H]2CCN(S(=O)(=O)c3cc(C(N)=O)n(C)c3)C2)cn1. The Morgan fingerprint density at radius 2 is 2.16 bits per heavy atom. The summed E-state index contributed by atoms with van der Waals surface area (Å²) in [6, 6.07) is 4.96. The van der Waals surface area contributed by atoms with Gasteiger partial charge >= 0.3 is 0 Å². The average Bonchev–Trinajstić information content (AvgIpc) is 3.17. The topological polar surface area (TPSA) is 108 Å². The largest absolute Gasteiger partial charge is 0.487 e. The van der Waals surface area contributed by atoms with Gasteiger partial charge in [0.1, 0.15) is 22.4 Å². The van der Waals surface area contributed by atoms with Gasteiger partial charge in [-0.05, 0) is 31.5 Å². The average molecular weight is 364 g/mol. The second-order valence-electron chi connectivity index (χ2n) is 6.06. The molecule has 3 heterocycles. The van der Waals surface area contributed by atoms with E-state index in [1.807, 2.05) is 19.1 Å². The number of amides is 1. The zero-order valence-corrected chi connectivity index (χ0v) is 14.9. The van der Waals surface area contributed by atoms with Gasteiger partial charge in [0, 0.05) is 25.5 Å². The molecule has 25 heavy (non-hydrogen) atoms. The first-order chi connectivity index (χ1) is 11.8. The number of ether oxygens (including phenoxy) is 1. The van der Waals surface area contributed by atoms with Gasteiger partial charge in [0.05, 0.1) is 12.7 Å². The van der Waals surface area contributed by atoms with Gasteiger partial charge in [-0.15, -0.1) is 0 Å². The third kappa shape index (κ3) is 3.52. The van der Waals surface area contributed by atoms with Gasteiger partial charge in [0.25, 0.3) is 5.91 Å². The Morgan fingerprint density at radius 1 is 1.40 bits per heavy atom. The van der Waals surface area contributed by atoms with Crippen molar-refractivity contribution in [1.29, 1.82) is 0 Å². The molecule has 1 aliphatic heterocycles. The van der Waals surface area contributed by atoms with Crippen LogP contribution in [0.15, 0.2) is 35.5 Å². The number of hydrogen-bond acceptors (Lipinski definition) is 5. The summed E-state index contributed by atoms with van der Waals surface area (Å²) in [6.07, 6.45) is 3.37. The lowest BCUT2D eigenvalue weighted by molar-refractivity contribution is 0.0992. The van der Waals surface area contributed by atoms with Crippen LogP contribution in [0.3, 0.4) is 0 Å². The summed E-state index contributed by atoms with van der Waals surface area (Å²) >= 11 is 0. The first kappa shape index (κ1) is 17.4. The van der Waals surface area contributed by atoms with Crippen molar-refractivity contribution in [2.24, 2.45) is 12.8 Å². The Morgan fingerprint density at radius 3 is 2.76 bits per heavy atom. The van der Waals surface area contributed by atoms with Crippen LogP contribution in [-0.2, 0) is 17.1 Å². The lowest BCUT2D eigenvalue weighted by atomic mass is 10.3. The highest BCUT2D eigenvalue weighted by Crippen LogP contribution is 2.25. The number of sulfonamides is 1. The molecule has 1 atom stereocenters. The number of nitrogens with two attached hydrogens (primary N) is 1. The molecule has 0 aliphatic carbocycles. The molecular formula is C16H20N4O4S. The minimum absolute atomic E-state index is 0.0569. The molecule has 0 aromatic carbocycles. The highest BCUT2D eigenvalue weighted by Gasteiger charge is 2.34. The van der Waals surface area contributed by atoms with E-state index in [9.17, 15) is 13.2 Å². The zero-order valence-electron chi connectivity index (χ0n) is 14.0. The second kappa shape index (κ2) is 6.49. The van der Waals surface area contributed by atoms with Gasteiger partial charge in [0.2, 0.25) is 10.0 Å². The van der Waals surface area contributed by atoms with E-state index in [0.29, 0.717) is 18.7 Å². The Kier molecular flexibility index (Phi) is 4.53. The normalized spacial score (nSPS) is 18.4. The van der Waals surface area contributed by atoms with Gasteiger partial charge in [0.15, 0.2) is 0 Å². The molecule has 1 fully saturated rings. The van der Waals surface area contributed by atoms with E-state index in [2.05, 4.69) is 4.98 Å². The summed E-state index contributed by atoms with van der Waals surface area (Å²) in [6.45, 7) is 2.48. The molecule has 2 N–H and O–H groups in total. The molecule has 0 spiro atoms. The fraction of sp³-hybridized carbons (Fsp3) is 0.375. The predicted octanol–water partition coefficient (Wildman–Crippen LogP) is 0.669. The van der Waals surface area contributed by atoms with E-state index in [1.54, 1.807) is 13.2 Å². The minimum atomic E-state index is -3.70. The molecule has 1 aliphatic rings. The summed E-state index contributed by atoms with van der Waals surface area (Å²) in [7, 11) is -2.11. The van der Waals surface area contributed by atoms with Crippen molar-refractivity contribution < 1.29 is 17.9 Å². The maximum Gasteiger partial charge on any atom is 0.265 e. The van der Waals surface area contributed by atoms with E-state index in [-0.39, 0.29) is 23.2 Å². The van der Waals surface area contributed by atoms with Gasteiger partial charge in [-0.25, -0.2) is 8.42 Å². The van der Waals surface area contributed by atoms with Crippen molar-refractivity contribution in [1.82, 2.24) is 13.9 Å². The smallest absolute Gasteiger partial charge is 0.265 e. The maximum absolute atomic E-state index is 12.8. The fourth-order valence-corrected chi connectivity index (χ4v) is 4.36. The molecule has 1 amide bonds. The van der Waals surface area contributed by atoms with Crippen molar-refractivity contribution in [2.75, 3.05) is 13.1 Å². The number of pyridine rings is 1. The van der Waals surface area contributed by atoms with Crippen LogP contribution >= 0.6 is 0 Å². The Labute approximate surface area is 146 Å². The van der Waals surface area contributed by atoms with Gasteiger partial charge in [-0.1, -0.05) is 0 Å². The van der Waals surface area contributed by atoms with Crippen LogP contribution in [0.25, 0.3) is 0 Å². The number of hydrogen-bond donors (Lipinski definition) is 1. The number of carbonyl (C=O) groups is 1. The first-order valence-corrected chi connectivity index (χ1v) is 9.27. The monoisotopic (exact) mass is 364 g/mol. The summed E-state index contributed by atoms with van der Waals surface area (Å²) < 4.78 is 34.1. The molecule has 8 nitrogen and oxygen atoms in total. The highest BCUT2D eigenvalue weighted by atomic mass is 32.2. The predicted molar refractivity (Wildman–Crippen MR) is 90.7 cm³/mol. The fourth-order valence-electron chi connectivity index (χ4n) is 2.80. The second-order valence-corrected chi connectivity index (χ2v) is 8.00. The highest BCUT2D eigenvalue weighted by molar-refractivity contribution is 7.89. The van der Waals surface area contributed by atoms with E-state index < -0.39 is 15.9 Å². The van der Waals surface area contributed by atoms with E-state index in [0.717, 1.165) is 5.69 Å². The van der Waals surface area contributed by atoms with E-state index in [1.165, 1.54) is 21.1 Å². The van der Waals surface area contributed by atoms with Crippen molar-refractivity contribution in [3.63, 3.8) is 0 Å². The zero-order chi connectivity index (χ0) is 18.2. The van der Waals surface area contributed by atoms with Gasteiger partial charge < -0.3 is 15.0 Å². The van der Waals surface area contributed by atoms with Crippen LogP contribution in [-0.4, -0.2) is 47.4 Å². The number of carbonyl (C=O) groups excluding carboxylic acids is 1. The molecule has 1 saturated heterocycles. The lowest BCUT2D eigenvalue weighted by Gasteiger charge is -2.16. The lowest BCUT2D eigenvalue weighted by Crippen LogP contribution is -2.30. The summed E-state index contributed by atoms with van der Waals surface area (Å²) in [4.78, 5) is 15.5. The van der Waals surface area contributed by atoms with E-state index >= 15 is 0 Å². The molecule has 0 unspecified atom stereocenters. The number of primary amides is 1. The third-order valence-corrected chi connectivity index (χ3v) is 6.00. The standard InChI is InChI=1S/C16H20N4O4S/c1-11-3-4-12(8-18-11)24-13-5-6-20(9-13)25(22,23)14-7-15(16(17)21)19(2)10-14/h3-4,7-8,10,13H,5-6,9H2,1-2H3,(H2,17,21)/t13-/m1/s1. The van der Waals surface area contributed by atoms with Crippen LogP contribution in [0.2, 0.25) is 0 Å². The molecule has 134 valence electrons. The number of nitrogens with zero attached hydrogens (tertiary/aromatic N) is 3. The van der Waals surface area contributed by atoms with Crippen molar-refractivity contribution in [2.45, 2.75) is 24.3 Å². The number of aryl methyl sites for hydroxylation is 2. The van der Waals surface area contributed by atoms with Crippen LogP contribution < -0.4 is 10.5 Å². The summed E-state index contributed by atoms with van der Waals surface area (Å²) in [5.41, 5.74) is 6.28. The number of aromatic nitrogens is 2. The molecule has 0 saturated carbocycles. The summed E-state index contributed by atoms with van der Waals surface area (Å²) in [5, 5.41) is 0. The molecule has 2 aromatic rings. The quantitative estimate of drug-likeness (QED) is 0.839. The van der Waals surface area contributed by atoms with Crippen molar-refractivity contribution in [3.8, 4) is 5.75 Å². The third-order valence-electron chi connectivity index (χ3n) is 4.16. The van der Waals surface area contributed by atoms with Crippen LogP contribution in [0.5, 0.6) is 5.75 Å². The van der Waals surface area contributed by atoms with Gasteiger partial charge in [-0.3, -0.25) is 9.78 Å². The molecule has 0 radical (unpaired) electrons. The number of rotatable bonds is 5. The summed E-state index contributed by atoms with van der Waals surface area (Å²) in [5.74, 6) is -0.0518. The van der Waals surface area contributed by atoms with Crippen LogP contribution in [0.1, 0.15) is 22.6 Å². The van der Waals surface area contributed by atoms with Crippen molar-refractivity contribution in [3.05, 3.63) is 42.0 Å². The Bertz CT molecular complexity index is 889. The molecule has 2 aromatic heterocycles. The molecule has 3 rings (SSSR count). The maximum atomic E-state index is 12.8. The van der Waals surface area contributed by atoms with Crippen LogP contribution in [0, 0.1) is 6.92 Å². The first-order valence-electron chi connectivity index (χ1n) is 7.83.